The van der Waals surface area contributed by atoms with Crippen LogP contribution in [0.5, 0.6) is 5.75 Å². The molecule has 5 aromatic rings. The number of ketones is 1. The van der Waals surface area contributed by atoms with Gasteiger partial charge in [0.05, 0.1) is 31.5 Å². The summed E-state index contributed by atoms with van der Waals surface area (Å²) in [6.45, 7) is 10.3. The molecule has 8 rings (SSSR count). The number of carbonyl (C=O) groups excluding carboxylic acids is 11. The fourth-order valence-corrected chi connectivity index (χ4v) is 10.9. The zero-order chi connectivity index (χ0) is 66.4. The normalized spacial score (nSPS) is 15.1. The molecule has 0 spiro atoms. The lowest BCUT2D eigenvalue weighted by Crippen LogP contribution is -2.54. The van der Waals surface area contributed by atoms with Gasteiger partial charge in [-0.1, -0.05) is 54.0 Å². The van der Waals surface area contributed by atoms with E-state index in [-0.39, 0.29) is 67.8 Å². The van der Waals surface area contributed by atoms with Gasteiger partial charge in [0, 0.05) is 141 Å². The molecule has 92 heavy (non-hydrogen) atoms. The molecule has 0 unspecified atom stereocenters. The van der Waals surface area contributed by atoms with Crippen molar-refractivity contribution in [1.82, 2.24) is 51.6 Å². The monoisotopic (exact) mass is 1330 g/mol. The zero-order valence-corrected chi connectivity index (χ0v) is 53.8. The highest BCUT2D eigenvalue weighted by molar-refractivity contribution is 9.09. The smallest absolute Gasteiger partial charge is 0.409 e. The molecule has 3 aliphatic heterocycles. The summed E-state index contributed by atoms with van der Waals surface area (Å²) in [4.78, 5) is 147. The summed E-state index contributed by atoms with van der Waals surface area (Å²) in [5, 5.41) is 25.3. The maximum Gasteiger partial charge on any atom is 0.415 e. The van der Waals surface area contributed by atoms with Crippen LogP contribution in [-0.4, -0.2) is 202 Å². The number of urea groups is 1. The van der Waals surface area contributed by atoms with Crippen LogP contribution >= 0.6 is 15.9 Å². The number of anilines is 3. The number of H-pyrrole nitrogens is 1. The Morgan fingerprint density at radius 3 is 2.13 bits per heavy atom. The van der Waals surface area contributed by atoms with Gasteiger partial charge in [-0.15, -0.1) is 0 Å². The van der Waals surface area contributed by atoms with Gasteiger partial charge < -0.3 is 72.1 Å². The third kappa shape index (κ3) is 20.0. The number of amides is 11. The van der Waals surface area contributed by atoms with Crippen LogP contribution in [0, 0.1) is 5.92 Å². The number of hydrogen-bond donors (Lipinski definition) is 10. The number of fused-ring (bicyclic) bond motifs is 4. The fourth-order valence-electron chi connectivity index (χ4n) is 10.4. The molecule has 4 heterocycles. The summed E-state index contributed by atoms with van der Waals surface area (Å²) < 4.78 is 11.2. The van der Waals surface area contributed by atoms with Crippen molar-refractivity contribution >= 4 is 120 Å². The number of likely N-dealkylation sites (N-methyl/N-ethyl adjacent to an activating group) is 2. The number of imide groups is 1. The number of nitrogens with zero attached hydrogens (tertiary/aromatic N) is 4. The first-order chi connectivity index (χ1) is 44.1. The molecule has 492 valence electrons. The number of primary amides is 1. The van der Waals surface area contributed by atoms with Gasteiger partial charge in [-0.2, -0.15) is 0 Å². The minimum Gasteiger partial charge on any atom is -0.409 e. The van der Waals surface area contributed by atoms with E-state index in [1.165, 1.54) is 19.1 Å². The Morgan fingerprint density at radius 1 is 0.761 bits per heavy atom. The highest BCUT2D eigenvalue weighted by Crippen LogP contribution is 2.46. The van der Waals surface area contributed by atoms with Crippen LogP contribution in [0.1, 0.15) is 78.8 Å². The first kappa shape index (κ1) is 70.4. The number of nitrogens with two attached hydrogens (primary N) is 1. The van der Waals surface area contributed by atoms with E-state index in [9.17, 15) is 52.7 Å². The molecular formula is C64H81BrN14O13. The number of halogens is 1. The number of ether oxygens (including phenoxy) is 2. The molecular weight excluding hydrogens is 1250 g/mol. The number of hydrogen-bond acceptors (Lipinski definition) is 16. The van der Waals surface area contributed by atoms with Crippen LogP contribution in [0.4, 0.5) is 26.7 Å². The Bertz CT molecular complexity index is 3520. The van der Waals surface area contributed by atoms with E-state index in [1.54, 1.807) is 71.4 Å². The molecule has 0 aliphatic carbocycles. The molecule has 1 saturated heterocycles. The maximum absolute atomic E-state index is 14.4. The summed E-state index contributed by atoms with van der Waals surface area (Å²) in [5.74, 6) is -2.80. The van der Waals surface area contributed by atoms with Crippen molar-refractivity contribution in [2.75, 3.05) is 120 Å². The first-order valence-electron chi connectivity index (χ1n) is 30.4. The SMILES string of the molecule is CC(=O)CCOCCNC(=O)CCN1C(=O)C=CC1=O.CNCCNC(=O)CN[C@H](C(=O)N[C@@H](CCCNC(N)=O)C(=O)Nc1ccc(C(=O)Nc2ccc3[nH]c(C(=O)N4C[C@@H](CBr)c5c4cc(OC(=O)N4CCN(C)CC4)c4ccccc54)cc3c2)cc1)C(C)C. The third-order valence-electron chi connectivity index (χ3n) is 15.4. The van der Waals surface area contributed by atoms with Crippen LogP contribution < -0.4 is 57.9 Å². The van der Waals surface area contributed by atoms with Gasteiger partial charge in [-0.25, -0.2) is 9.59 Å². The molecule has 0 bridgehead atoms. The molecule has 11 amide bonds. The molecule has 3 atom stereocenters. The van der Waals surface area contributed by atoms with E-state index in [0.29, 0.717) is 116 Å². The van der Waals surface area contributed by atoms with Crippen LogP contribution in [0.15, 0.2) is 91.0 Å². The van der Waals surface area contributed by atoms with Crippen LogP contribution in [0.2, 0.25) is 0 Å². The second-order valence-electron chi connectivity index (χ2n) is 22.7. The van der Waals surface area contributed by atoms with Gasteiger partial charge in [-0.05, 0) is 99.3 Å². The number of aromatic nitrogens is 1. The van der Waals surface area contributed by atoms with Gasteiger partial charge in [0.1, 0.15) is 23.3 Å². The van der Waals surface area contributed by atoms with Crippen molar-refractivity contribution < 1.29 is 62.2 Å². The molecule has 1 fully saturated rings. The predicted molar refractivity (Wildman–Crippen MR) is 350 cm³/mol. The summed E-state index contributed by atoms with van der Waals surface area (Å²) in [7, 11) is 3.79. The Morgan fingerprint density at radius 2 is 1.46 bits per heavy atom. The maximum atomic E-state index is 14.4. The average Bonchev–Trinajstić information content (AvgIpc) is 1.55. The largest absolute Gasteiger partial charge is 0.415 e. The van der Waals surface area contributed by atoms with Crippen molar-refractivity contribution in [2.24, 2.45) is 11.7 Å². The standard InChI is InChI=1S/C51H63BrN12O8.C13H18N2O5/c1-30(2)45(57-28-43(65)55-19-18-54-3)48(68)61-39(10-7-17-56-50(53)70)47(67)58-34-13-11-31(12-14-34)46(66)59-35-15-16-38-32(24-35)25-40(60-38)49(69)64-29-33(27-52)44-37-9-6-5-8-36(37)42(26-41(44)64)72-51(71)63-22-20-62(4)21-23-63;1-10(16)5-8-20-9-6-14-11(17)4-7-15-12(18)2-3-13(15)19/h5-6,8-9,11-16,24-26,30,33,39,45,54,57,60H,7,10,17-23,27-29H2,1-4H3,(H,55,65)(H,58,67)(H,59,66)(H,61,68)(H3,53,56,70);2-3H,4-9H2,1H3,(H,14,17)/t33-,39+,45+;/m1./s1. The van der Waals surface area contributed by atoms with E-state index >= 15 is 0 Å². The minimum absolute atomic E-state index is 0.0210. The number of aromatic amines is 1. The molecule has 11 N–H and O–H groups in total. The molecule has 0 saturated carbocycles. The van der Waals surface area contributed by atoms with Gasteiger partial charge in [-0.3, -0.25) is 53.4 Å². The van der Waals surface area contributed by atoms with E-state index in [4.69, 9.17) is 15.2 Å². The number of Topliss-reactive ketones (excluding diaryl/α,β-unsaturated/α-hetero) is 1. The van der Waals surface area contributed by atoms with E-state index in [2.05, 4.69) is 68.3 Å². The van der Waals surface area contributed by atoms with Gasteiger partial charge in [0.25, 0.3) is 23.6 Å². The summed E-state index contributed by atoms with van der Waals surface area (Å²) in [6, 6.07) is 20.3. The number of rotatable bonds is 29. The molecule has 28 heteroatoms. The lowest BCUT2D eigenvalue weighted by atomic mass is 9.95. The Balaban J connectivity index is 0.000000512. The number of nitrogens with one attached hydrogen (secondary N) is 9. The summed E-state index contributed by atoms with van der Waals surface area (Å²) in [5.41, 5.74) is 9.07. The number of carbonyl (C=O) groups is 11. The van der Waals surface area contributed by atoms with Crippen molar-refractivity contribution in [3.8, 4) is 5.75 Å². The number of piperazine rings is 1. The molecule has 0 radical (unpaired) electrons. The summed E-state index contributed by atoms with van der Waals surface area (Å²) >= 11 is 3.68. The first-order valence-corrected chi connectivity index (χ1v) is 31.6. The van der Waals surface area contributed by atoms with Crippen molar-refractivity contribution in [2.45, 2.75) is 64.5 Å². The average molecular weight is 1330 g/mol. The Labute approximate surface area is 541 Å². The van der Waals surface area contributed by atoms with Crippen molar-refractivity contribution in [3.05, 3.63) is 108 Å². The van der Waals surface area contributed by atoms with Crippen LogP contribution in [0.3, 0.4) is 0 Å². The van der Waals surface area contributed by atoms with E-state index < -0.39 is 53.7 Å². The molecule has 3 aliphatic rings. The van der Waals surface area contributed by atoms with Gasteiger partial charge >= 0.3 is 12.1 Å². The second-order valence-corrected chi connectivity index (χ2v) is 23.3. The molecule has 27 nitrogen and oxygen atoms in total. The predicted octanol–water partition coefficient (Wildman–Crippen LogP) is 3.69. The third-order valence-corrected chi connectivity index (χ3v) is 16.2. The van der Waals surface area contributed by atoms with Crippen molar-refractivity contribution in [3.63, 3.8) is 0 Å². The molecule has 4 aromatic carbocycles. The quantitative estimate of drug-likeness (QED) is 0.0185. The minimum atomic E-state index is -1.02. The number of benzene rings is 4. The lowest BCUT2D eigenvalue weighted by Gasteiger charge is -2.31. The Kier molecular flexibility index (Phi) is 26.3. The summed E-state index contributed by atoms with van der Waals surface area (Å²) in [6.07, 6.45) is 2.84. The topological polar surface area (TPSA) is 357 Å². The highest BCUT2D eigenvalue weighted by Gasteiger charge is 2.37. The van der Waals surface area contributed by atoms with Crippen LogP contribution in [0.25, 0.3) is 21.7 Å². The lowest BCUT2D eigenvalue weighted by molar-refractivity contribution is -0.137. The second kappa shape index (κ2) is 34.4. The molecule has 1 aromatic heterocycles. The fraction of sp³-hybridized carbons (Fsp3) is 0.422. The van der Waals surface area contributed by atoms with Gasteiger partial charge in [0.2, 0.25) is 23.6 Å². The Hall–Kier alpha value is -9.09. The van der Waals surface area contributed by atoms with E-state index in [1.807, 2.05) is 45.2 Å². The number of alkyl halides is 1. The van der Waals surface area contributed by atoms with Gasteiger partial charge in [0.15, 0.2) is 0 Å². The van der Waals surface area contributed by atoms with E-state index in [0.717, 1.165) is 34.3 Å². The highest BCUT2D eigenvalue weighted by atomic mass is 79.9. The van der Waals surface area contributed by atoms with Crippen molar-refractivity contribution in [1.29, 1.82) is 0 Å². The van der Waals surface area contributed by atoms with Crippen LogP contribution in [-0.2, 0) is 38.3 Å². The zero-order valence-electron chi connectivity index (χ0n) is 52.2.